The number of carboxylic acids is 1. The lowest BCUT2D eigenvalue weighted by Gasteiger charge is -2.30. The van der Waals surface area contributed by atoms with Crippen molar-refractivity contribution in [1.82, 2.24) is 5.32 Å². The molecule has 0 aliphatic heterocycles. The molecule has 0 aromatic heterocycles. The molecule has 0 spiro atoms. The maximum absolute atomic E-state index is 12.5. The van der Waals surface area contributed by atoms with Crippen LogP contribution < -0.4 is 5.32 Å². The fraction of sp³-hybridized carbons (Fsp3) is 0.579. The van der Waals surface area contributed by atoms with Crippen LogP contribution >= 0.6 is 0 Å². The molecule has 1 fully saturated rings. The van der Waals surface area contributed by atoms with Crippen molar-refractivity contribution in [3.8, 4) is 0 Å². The number of carboxylic acid groups (broad SMARTS) is 1. The lowest BCUT2D eigenvalue weighted by molar-refractivity contribution is -0.142. The van der Waals surface area contributed by atoms with Gasteiger partial charge in [0.1, 0.15) is 6.02 Å². The lowest BCUT2D eigenvalue weighted by atomic mass is 9.76. The molecule has 1 atom stereocenters. The summed E-state index contributed by atoms with van der Waals surface area (Å²) in [6.45, 7) is 4.40. The van der Waals surface area contributed by atoms with Crippen molar-refractivity contribution in [2.24, 2.45) is 17.8 Å². The highest BCUT2D eigenvalue weighted by Gasteiger charge is 2.30. The smallest absolute Gasteiger partial charge is 0.326 e. The first-order valence-corrected chi connectivity index (χ1v) is 8.41. The summed E-state index contributed by atoms with van der Waals surface area (Å²) in [6.07, 6.45) is 3.49. The van der Waals surface area contributed by atoms with E-state index >= 15 is 0 Å². The van der Waals surface area contributed by atoms with Crippen LogP contribution in [0.2, 0.25) is 0 Å². The van der Waals surface area contributed by atoms with Crippen LogP contribution in [0, 0.1) is 17.8 Å². The molecule has 4 nitrogen and oxygen atoms in total. The van der Waals surface area contributed by atoms with Gasteiger partial charge in [0.2, 0.25) is 5.91 Å². The molecule has 1 aliphatic carbocycles. The molecule has 1 aromatic rings. The van der Waals surface area contributed by atoms with Crippen molar-refractivity contribution in [1.29, 1.82) is 0 Å². The summed E-state index contributed by atoms with van der Waals surface area (Å²) in [5, 5.41) is 11.9. The van der Waals surface area contributed by atoms with E-state index in [4.69, 9.17) is 1.37 Å². The topological polar surface area (TPSA) is 66.4 Å². The highest BCUT2D eigenvalue weighted by molar-refractivity contribution is 5.85. The van der Waals surface area contributed by atoms with Gasteiger partial charge in [-0.2, -0.15) is 0 Å². The van der Waals surface area contributed by atoms with Gasteiger partial charge in [-0.05, 0) is 43.1 Å². The Morgan fingerprint density at radius 2 is 1.83 bits per heavy atom. The van der Waals surface area contributed by atoms with Crippen LogP contribution in [0.5, 0.6) is 0 Å². The highest BCUT2D eigenvalue weighted by atomic mass is 16.4. The summed E-state index contributed by atoms with van der Waals surface area (Å²) in [4.78, 5) is 24.1. The Morgan fingerprint density at radius 3 is 2.35 bits per heavy atom. The minimum absolute atomic E-state index is 0.0454. The van der Waals surface area contributed by atoms with Gasteiger partial charge in [0.25, 0.3) is 0 Å². The van der Waals surface area contributed by atoms with Crippen LogP contribution in [0.1, 0.15) is 46.5 Å². The zero-order valence-electron chi connectivity index (χ0n) is 14.9. The van der Waals surface area contributed by atoms with Crippen LogP contribution in [-0.2, 0) is 16.0 Å². The van der Waals surface area contributed by atoms with Crippen LogP contribution in [-0.4, -0.2) is 23.0 Å². The fourth-order valence-corrected chi connectivity index (χ4v) is 3.27. The average Bonchev–Trinajstić information content (AvgIpc) is 2.55. The van der Waals surface area contributed by atoms with E-state index < -0.39 is 12.0 Å². The summed E-state index contributed by atoms with van der Waals surface area (Å²) in [6, 6.07) is 6.95. The summed E-state index contributed by atoms with van der Waals surface area (Å²) in [5.41, 5.74) is 0.721. The number of amides is 1. The van der Waals surface area contributed by atoms with Crippen LogP contribution in [0.25, 0.3) is 0 Å². The van der Waals surface area contributed by atoms with Crippen molar-refractivity contribution in [3.63, 3.8) is 0 Å². The molecule has 0 bridgehead atoms. The van der Waals surface area contributed by atoms with Gasteiger partial charge in [0, 0.05) is 12.3 Å². The molecule has 1 saturated carbocycles. The second kappa shape index (κ2) is 8.14. The predicted molar refractivity (Wildman–Crippen MR) is 90.0 cm³/mol. The van der Waals surface area contributed by atoms with Gasteiger partial charge < -0.3 is 10.4 Å². The number of aliphatic carboxylic acids is 1. The lowest BCUT2D eigenvalue weighted by Crippen LogP contribution is -2.45. The molecule has 0 heterocycles. The normalized spacial score (nSPS) is 24.6. The van der Waals surface area contributed by atoms with E-state index in [0.717, 1.165) is 31.2 Å². The van der Waals surface area contributed by atoms with Crippen LogP contribution in [0.3, 0.4) is 0 Å². The molecule has 23 heavy (non-hydrogen) atoms. The van der Waals surface area contributed by atoms with E-state index in [1.807, 2.05) is 6.07 Å². The number of hydrogen-bond donors (Lipinski definition) is 2. The Balaban J connectivity index is 2.00. The number of carbonyl (C=O) groups excluding carboxylic acids is 1. The highest BCUT2D eigenvalue weighted by Crippen LogP contribution is 2.33. The van der Waals surface area contributed by atoms with Gasteiger partial charge in [-0.15, -0.1) is 0 Å². The Morgan fingerprint density at radius 1 is 1.22 bits per heavy atom. The molecule has 1 amide bonds. The van der Waals surface area contributed by atoms with E-state index in [1.165, 1.54) is 0 Å². The number of carbonyl (C=O) groups is 2. The molecule has 2 rings (SSSR count). The predicted octanol–water partition coefficient (Wildman–Crippen LogP) is 3.26. The molecule has 1 aromatic carbocycles. The Kier molecular flexibility index (Phi) is 5.67. The van der Waals surface area contributed by atoms with Gasteiger partial charge in [-0.25, -0.2) is 4.79 Å². The third kappa shape index (κ3) is 5.08. The third-order valence-electron chi connectivity index (χ3n) is 4.84. The molecular weight excluding hydrogens is 290 g/mol. The van der Waals surface area contributed by atoms with Crippen LogP contribution in [0.15, 0.2) is 30.3 Å². The SMILES string of the molecule is [2H][C@@](Cc1ccccc1)(NC(=O)C1CCC(C(C)C)CC1)C(=O)O. The van der Waals surface area contributed by atoms with E-state index in [-0.39, 0.29) is 18.2 Å². The maximum atomic E-state index is 12.5. The molecule has 0 saturated heterocycles. The average molecular weight is 318 g/mol. The Bertz CT molecular complexity index is 567. The summed E-state index contributed by atoms with van der Waals surface area (Å²) in [7, 11) is 0. The molecule has 0 radical (unpaired) electrons. The van der Waals surface area contributed by atoms with E-state index in [1.54, 1.807) is 24.3 Å². The van der Waals surface area contributed by atoms with Gasteiger partial charge >= 0.3 is 5.97 Å². The fourth-order valence-electron chi connectivity index (χ4n) is 3.27. The second-order valence-corrected chi connectivity index (χ2v) is 6.79. The molecule has 4 heteroatoms. The first-order valence-electron chi connectivity index (χ1n) is 8.91. The number of hydrogen-bond acceptors (Lipinski definition) is 2. The summed E-state index contributed by atoms with van der Waals surface area (Å²) < 4.78 is 8.24. The quantitative estimate of drug-likeness (QED) is 0.846. The van der Waals surface area contributed by atoms with Gasteiger partial charge in [0.15, 0.2) is 0 Å². The van der Waals surface area contributed by atoms with Crippen molar-refractivity contribution >= 4 is 11.9 Å². The molecule has 2 N–H and O–H groups in total. The van der Waals surface area contributed by atoms with Gasteiger partial charge in [-0.1, -0.05) is 44.2 Å². The van der Waals surface area contributed by atoms with Crippen molar-refractivity contribution in [3.05, 3.63) is 35.9 Å². The number of rotatable bonds is 6. The van der Waals surface area contributed by atoms with Crippen molar-refractivity contribution in [2.45, 2.75) is 52.0 Å². The largest absolute Gasteiger partial charge is 0.480 e. The van der Waals surface area contributed by atoms with E-state index in [2.05, 4.69) is 19.2 Å². The zero-order valence-corrected chi connectivity index (χ0v) is 13.9. The second-order valence-electron chi connectivity index (χ2n) is 6.79. The zero-order chi connectivity index (χ0) is 17.7. The standard InChI is InChI=1S/C19H27NO3/c1-13(2)15-8-10-16(11-9-15)18(21)20-17(19(22)23)12-14-6-4-3-5-7-14/h3-7,13,15-17H,8-12H2,1-2H3,(H,20,21)(H,22,23)/t15?,16?,17-/m0/s1/i17D. The van der Waals surface area contributed by atoms with Gasteiger partial charge in [-0.3, -0.25) is 4.79 Å². The molecular formula is C19H27NO3. The maximum Gasteiger partial charge on any atom is 0.326 e. The Hall–Kier alpha value is -1.84. The summed E-state index contributed by atoms with van der Waals surface area (Å²) in [5.74, 6) is -0.555. The first-order chi connectivity index (χ1) is 11.3. The van der Waals surface area contributed by atoms with Crippen molar-refractivity contribution in [2.75, 3.05) is 0 Å². The minimum Gasteiger partial charge on any atom is -0.480 e. The van der Waals surface area contributed by atoms with E-state index in [9.17, 15) is 14.7 Å². The molecule has 126 valence electrons. The molecule has 1 aliphatic rings. The number of nitrogens with one attached hydrogen (secondary N) is 1. The monoisotopic (exact) mass is 318 g/mol. The number of benzene rings is 1. The van der Waals surface area contributed by atoms with Crippen molar-refractivity contribution < 1.29 is 16.1 Å². The van der Waals surface area contributed by atoms with Gasteiger partial charge in [0.05, 0.1) is 1.37 Å². The van der Waals surface area contributed by atoms with Crippen LogP contribution in [0.4, 0.5) is 0 Å². The Labute approximate surface area is 139 Å². The first kappa shape index (κ1) is 16.0. The third-order valence-corrected chi connectivity index (χ3v) is 4.84. The van der Waals surface area contributed by atoms with E-state index in [0.29, 0.717) is 11.8 Å². The minimum atomic E-state index is -2.02. The molecule has 0 unspecified atom stereocenters. The summed E-state index contributed by atoms with van der Waals surface area (Å²) >= 11 is 0.